The molecule has 1 aliphatic carbocycles. The summed E-state index contributed by atoms with van der Waals surface area (Å²) >= 11 is 3.70. The van der Waals surface area contributed by atoms with Gasteiger partial charge in [-0.3, -0.25) is 0 Å². The number of halogens is 1. The van der Waals surface area contributed by atoms with Gasteiger partial charge in [-0.1, -0.05) is 70.5 Å². The topological polar surface area (TPSA) is 0 Å². The second-order valence-electron chi connectivity index (χ2n) is 5.54. The van der Waals surface area contributed by atoms with Gasteiger partial charge in [0, 0.05) is 4.47 Å². The first kappa shape index (κ1) is 11.5. The molecule has 0 bridgehead atoms. The number of hydrogen-bond donors (Lipinski definition) is 0. The second kappa shape index (κ2) is 3.96. The lowest BCUT2D eigenvalue weighted by Gasteiger charge is -2.09. The van der Waals surface area contributed by atoms with E-state index in [2.05, 4.69) is 82.7 Å². The Labute approximate surface area is 131 Å². The molecule has 0 atom stereocenters. The van der Waals surface area contributed by atoms with Gasteiger partial charge < -0.3 is 0 Å². The molecule has 0 N–H and O–H groups in total. The van der Waals surface area contributed by atoms with E-state index in [4.69, 9.17) is 0 Å². The van der Waals surface area contributed by atoms with E-state index >= 15 is 0 Å². The molecule has 0 spiro atoms. The van der Waals surface area contributed by atoms with E-state index in [9.17, 15) is 0 Å². The largest absolute Gasteiger partial charge is 0.0616 e. The Morgan fingerprint density at radius 1 is 0.619 bits per heavy atom. The summed E-state index contributed by atoms with van der Waals surface area (Å²) in [7, 11) is 0. The van der Waals surface area contributed by atoms with Gasteiger partial charge in [0.25, 0.3) is 0 Å². The molecule has 0 fully saturated rings. The van der Waals surface area contributed by atoms with Gasteiger partial charge in [-0.25, -0.2) is 0 Å². The predicted molar refractivity (Wildman–Crippen MR) is 93.6 cm³/mol. The Bertz CT molecular complexity index is 1040. The summed E-state index contributed by atoms with van der Waals surface area (Å²) in [6.07, 6.45) is 0. The van der Waals surface area contributed by atoms with Crippen molar-refractivity contribution in [2.75, 3.05) is 0 Å². The molecule has 0 amide bonds. The monoisotopic (exact) mass is 330 g/mol. The maximum atomic E-state index is 3.70. The molecular weight excluding hydrogens is 320 g/mol. The van der Waals surface area contributed by atoms with E-state index in [0.29, 0.717) is 0 Å². The van der Waals surface area contributed by atoms with Crippen molar-refractivity contribution in [1.29, 1.82) is 0 Å². The standard InChI is InChI=1S/C20H11Br/c21-18-10-4-9-16-17(18)11-12-5-3-8-14-13-6-1-2-7-15(13)20(16)19(12)14/h1-11H. The van der Waals surface area contributed by atoms with Crippen LogP contribution in [0.3, 0.4) is 0 Å². The maximum Gasteiger partial charge on any atom is 0.0254 e. The van der Waals surface area contributed by atoms with Gasteiger partial charge in [0.1, 0.15) is 0 Å². The van der Waals surface area contributed by atoms with Gasteiger partial charge in [-0.2, -0.15) is 0 Å². The van der Waals surface area contributed by atoms with Crippen molar-refractivity contribution in [1.82, 2.24) is 0 Å². The van der Waals surface area contributed by atoms with E-state index in [-0.39, 0.29) is 0 Å². The first-order valence-electron chi connectivity index (χ1n) is 7.08. The molecule has 98 valence electrons. The van der Waals surface area contributed by atoms with Gasteiger partial charge in [0.2, 0.25) is 0 Å². The lowest BCUT2D eigenvalue weighted by molar-refractivity contribution is 1.70. The van der Waals surface area contributed by atoms with E-state index in [1.165, 1.54) is 43.8 Å². The van der Waals surface area contributed by atoms with Crippen LogP contribution in [0.1, 0.15) is 0 Å². The van der Waals surface area contributed by atoms with Crippen molar-refractivity contribution >= 4 is 37.5 Å². The smallest absolute Gasteiger partial charge is 0.0254 e. The number of benzene rings is 4. The summed E-state index contributed by atoms with van der Waals surface area (Å²) in [5, 5.41) is 5.32. The molecular formula is C20H11Br. The fraction of sp³-hybridized carbons (Fsp3) is 0. The van der Waals surface area contributed by atoms with E-state index in [0.717, 1.165) is 4.47 Å². The van der Waals surface area contributed by atoms with Gasteiger partial charge in [0.15, 0.2) is 0 Å². The highest BCUT2D eigenvalue weighted by atomic mass is 79.9. The van der Waals surface area contributed by atoms with Crippen molar-refractivity contribution in [3.8, 4) is 22.3 Å². The third-order valence-electron chi connectivity index (χ3n) is 4.46. The summed E-state index contributed by atoms with van der Waals surface area (Å²) in [4.78, 5) is 0. The molecule has 4 aromatic carbocycles. The highest BCUT2D eigenvalue weighted by molar-refractivity contribution is 9.10. The van der Waals surface area contributed by atoms with Crippen LogP contribution in [0.4, 0.5) is 0 Å². The van der Waals surface area contributed by atoms with Crippen LogP contribution < -0.4 is 0 Å². The van der Waals surface area contributed by atoms with Crippen molar-refractivity contribution in [2.24, 2.45) is 0 Å². The van der Waals surface area contributed by atoms with Crippen LogP contribution in [0.5, 0.6) is 0 Å². The predicted octanol–water partition coefficient (Wildman–Crippen LogP) is 6.40. The fourth-order valence-electron chi connectivity index (χ4n) is 3.60. The molecule has 0 saturated heterocycles. The molecule has 4 aromatic rings. The molecule has 1 heteroatoms. The highest BCUT2D eigenvalue weighted by Gasteiger charge is 2.23. The molecule has 0 aromatic heterocycles. The molecule has 0 aliphatic heterocycles. The maximum absolute atomic E-state index is 3.70. The Balaban J connectivity index is 2.15. The van der Waals surface area contributed by atoms with Crippen molar-refractivity contribution in [2.45, 2.75) is 0 Å². The summed E-state index contributed by atoms with van der Waals surface area (Å²) in [5.41, 5.74) is 5.45. The highest BCUT2D eigenvalue weighted by Crippen LogP contribution is 2.50. The Kier molecular flexibility index (Phi) is 2.17. The van der Waals surface area contributed by atoms with E-state index in [1.807, 2.05) is 0 Å². The zero-order valence-corrected chi connectivity index (χ0v) is 12.8. The van der Waals surface area contributed by atoms with Crippen LogP contribution in [0, 0.1) is 0 Å². The average molecular weight is 331 g/mol. The van der Waals surface area contributed by atoms with Crippen LogP contribution in [0.2, 0.25) is 0 Å². The quantitative estimate of drug-likeness (QED) is 0.288. The fourth-order valence-corrected chi connectivity index (χ4v) is 4.08. The van der Waals surface area contributed by atoms with Gasteiger partial charge in [-0.05, 0) is 55.9 Å². The molecule has 21 heavy (non-hydrogen) atoms. The summed E-state index contributed by atoms with van der Waals surface area (Å²) in [5.74, 6) is 0. The third kappa shape index (κ3) is 1.39. The zero-order valence-electron chi connectivity index (χ0n) is 11.2. The first-order valence-corrected chi connectivity index (χ1v) is 7.87. The van der Waals surface area contributed by atoms with Crippen molar-refractivity contribution in [3.05, 3.63) is 71.2 Å². The van der Waals surface area contributed by atoms with Crippen LogP contribution in [-0.4, -0.2) is 0 Å². The Hall–Kier alpha value is -2.12. The van der Waals surface area contributed by atoms with E-state index < -0.39 is 0 Å². The number of rotatable bonds is 0. The Morgan fingerprint density at radius 3 is 2.29 bits per heavy atom. The van der Waals surface area contributed by atoms with Crippen molar-refractivity contribution in [3.63, 3.8) is 0 Å². The van der Waals surface area contributed by atoms with E-state index in [1.54, 1.807) is 0 Å². The number of fused-ring (bicyclic) bond motifs is 5. The summed E-state index contributed by atoms with van der Waals surface area (Å²) in [6, 6.07) is 24.1. The first-order chi connectivity index (χ1) is 10.3. The Morgan fingerprint density at radius 2 is 1.38 bits per heavy atom. The zero-order chi connectivity index (χ0) is 14.0. The minimum atomic E-state index is 1.16. The minimum Gasteiger partial charge on any atom is -0.0616 e. The SMILES string of the molecule is Brc1cccc2c3c4c(cccc4cc12)-c1ccccc1-3. The molecule has 0 nitrogen and oxygen atoms in total. The van der Waals surface area contributed by atoms with Crippen LogP contribution in [-0.2, 0) is 0 Å². The normalized spacial score (nSPS) is 12.0. The second-order valence-corrected chi connectivity index (χ2v) is 6.39. The lowest BCUT2D eigenvalue weighted by Crippen LogP contribution is -1.82. The minimum absolute atomic E-state index is 1.16. The van der Waals surface area contributed by atoms with Crippen molar-refractivity contribution < 1.29 is 0 Å². The molecule has 5 rings (SSSR count). The molecule has 0 saturated carbocycles. The van der Waals surface area contributed by atoms with Gasteiger partial charge in [-0.15, -0.1) is 0 Å². The summed E-state index contributed by atoms with van der Waals surface area (Å²) < 4.78 is 1.16. The third-order valence-corrected chi connectivity index (χ3v) is 5.15. The van der Waals surface area contributed by atoms with Gasteiger partial charge >= 0.3 is 0 Å². The molecule has 0 unspecified atom stereocenters. The lowest BCUT2D eigenvalue weighted by atomic mass is 9.96. The van der Waals surface area contributed by atoms with Gasteiger partial charge in [0.05, 0.1) is 0 Å². The molecule has 1 aliphatic rings. The molecule has 0 radical (unpaired) electrons. The van der Waals surface area contributed by atoms with Crippen LogP contribution in [0.25, 0.3) is 43.8 Å². The summed E-state index contributed by atoms with van der Waals surface area (Å²) in [6.45, 7) is 0. The van der Waals surface area contributed by atoms with Crippen LogP contribution >= 0.6 is 15.9 Å². The molecule has 0 heterocycles. The number of hydrogen-bond acceptors (Lipinski definition) is 0. The van der Waals surface area contributed by atoms with Crippen LogP contribution in [0.15, 0.2) is 71.2 Å². The average Bonchev–Trinajstić information content (AvgIpc) is 2.86.